The number of nitrogens with one attached hydrogen (secondary N) is 1. The van der Waals surface area contributed by atoms with E-state index >= 15 is 0 Å². The number of anilines is 2. The van der Waals surface area contributed by atoms with Gasteiger partial charge >= 0.3 is 0 Å². The summed E-state index contributed by atoms with van der Waals surface area (Å²) in [5.74, 6) is -0.0312. The van der Waals surface area contributed by atoms with Crippen LogP contribution in [0.25, 0.3) is 10.9 Å². The monoisotopic (exact) mass is 359 g/mol. The van der Waals surface area contributed by atoms with E-state index in [1.54, 1.807) is 18.1 Å². The van der Waals surface area contributed by atoms with Crippen LogP contribution in [0, 0.1) is 0 Å². The molecule has 3 aromatic rings. The second-order valence-electron chi connectivity index (χ2n) is 7.31. The molecule has 138 valence electrons. The van der Waals surface area contributed by atoms with Crippen molar-refractivity contribution >= 4 is 28.2 Å². The molecular weight excluding hydrogens is 334 g/mol. The van der Waals surface area contributed by atoms with Crippen LogP contribution >= 0.6 is 0 Å². The van der Waals surface area contributed by atoms with E-state index in [2.05, 4.69) is 10.3 Å². The number of pyridine rings is 1. The molecule has 4 rings (SSSR count). The third-order valence-electron chi connectivity index (χ3n) is 5.38. The normalized spacial score (nSPS) is 14.9. The molecule has 1 aromatic heterocycles. The summed E-state index contributed by atoms with van der Waals surface area (Å²) in [5.41, 5.74) is 3.50. The van der Waals surface area contributed by atoms with Gasteiger partial charge in [-0.1, -0.05) is 37.5 Å². The first-order valence-electron chi connectivity index (χ1n) is 9.70. The van der Waals surface area contributed by atoms with E-state index in [0.717, 1.165) is 22.3 Å². The zero-order valence-electron chi connectivity index (χ0n) is 15.7. The first-order valence-corrected chi connectivity index (χ1v) is 9.70. The van der Waals surface area contributed by atoms with Crippen molar-refractivity contribution in [1.29, 1.82) is 0 Å². The zero-order valence-corrected chi connectivity index (χ0v) is 15.7. The van der Waals surface area contributed by atoms with Crippen LogP contribution in [0.15, 0.2) is 60.8 Å². The lowest BCUT2D eigenvalue weighted by atomic mass is 9.95. The average Bonchev–Trinajstić information content (AvgIpc) is 2.73. The second-order valence-corrected chi connectivity index (χ2v) is 7.31. The molecule has 0 saturated heterocycles. The van der Waals surface area contributed by atoms with Gasteiger partial charge in [0.2, 0.25) is 0 Å². The first-order chi connectivity index (χ1) is 13.2. The largest absolute Gasteiger partial charge is 0.382 e. The lowest BCUT2D eigenvalue weighted by Crippen LogP contribution is -2.26. The number of hydrogen-bond acceptors (Lipinski definition) is 3. The molecule has 0 unspecified atom stereocenters. The van der Waals surface area contributed by atoms with Gasteiger partial charge in [0.15, 0.2) is 0 Å². The standard InChI is InChI=1S/C23H25N3O/c1-26(21-15-18-7-5-6-10-22(18)24-16-21)23(27)17-11-13-20(14-12-17)25-19-8-3-2-4-9-19/h5-7,10-16,19,25H,2-4,8-9H2,1H3. The van der Waals surface area contributed by atoms with Crippen LogP contribution in [0.5, 0.6) is 0 Å². The molecule has 0 radical (unpaired) electrons. The van der Waals surface area contributed by atoms with E-state index in [0.29, 0.717) is 11.6 Å². The lowest BCUT2D eigenvalue weighted by molar-refractivity contribution is 0.0993. The van der Waals surface area contributed by atoms with Gasteiger partial charge in [0.05, 0.1) is 17.4 Å². The van der Waals surface area contributed by atoms with Crippen LogP contribution in [-0.4, -0.2) is 24.0 Å². The van der Waals surface area contributed by atoms with Crippen LogP contribution in [0.3, 0.4) is 0 Å². The highest BCUT2D eigenvalue weighted by molar-refractivity contribution is 6.06. The maximum absolute atomic E-state index is 12.9. The maximum Gasteiger partial charge on any atom is 0.258 e. The van der Waals surface area contributed by atoms with Crippen molar-refractivity contribution in [1.82, 2.24) is 4.98 Å². The topological polar surface area (TPSA) is 45.2 Å². The quantitative estimate of drug-likeness (QED) is 0.691. The van der Waals surface area contributed by atoms with E-state index in [1.807, 2.05) is 54.6 Å². The van der Waals surface area contributed by atoms with Crippen molar-refractivity contribution in [2.75, 3.05) is 17.3 Å². The molecule has 0 spiro atoms. The summed E-state index contributed by atoms with van der Waals surface area (Å²) < 4.78 is 0. The highest BCUT2D eigenvalue weighted by atomic mass is 16.2. The molecule has 1 N–H and O–H groups in total. The number of carbonyl (C=O) groups is 1. The van der Waals surface area contributed by atoms with Crippen molar-refractivity contribution < 1.29 is 4.79 Å². The molecular formula is C23H25N3O. The molecule has 0 aliphatic heterocycles. The summed E-state index contributed by atoms with van der Waals surface area (Å²) in [5, 5.41) is 4.62. The predicted octanol–water partition coefficient (Wildman–Crippen LogP) is 5.26. The van der Waals surface area contributed by atoms with Crippen molar-refractivity contribution in [3.8, 4) is 0 Å². The average molecular weight is 359 g/mol. The van der Waals surface area contributed by atoms with Gasteiger partial charge in [0, 0.05) is 29.7 Å². The summed E-state index contributed by atoms with van der Waals surface area (Å²) in [4.78, 5) is 19.0. The van der Waals surface area contributed by atoms with E-state index in [9.17, 15) is 4.79 Å². The van der Waals surface area contributed by atoms with E-state index in [4.69, 9.17) is 0 Å². The van der Waals surface area contributed by atoms with Gasteiger partial charge in [0.25, 0.3) is 5.91 Å². The number of benzene rings is 2. The molecule has 1 fully saturated rings. The molecule has 0 atom stereocenters. The number of fused-ring (bicyclic) bond motifs is 1. The fourth-order valence-corrected chi connectivity index (χ4v) is 3.75. The molecule has 2 aromatic carbocycles. The predicted molar refractivity (Wildman–Crippen MR) is 111 cm³/mol. The van der Waals surface area contributed by atoms with Crippen molar-refractivity contribution in [2.24, 2.45) is 0 Å². The first kappa shape index (κ1) is 17.5. The molecule has 27 heavy (non-hydrogen) atoms. The third-order valence-corrected chi connectivity index (χ3v) is 5.38. The minimum absolute atomic E-state index is 0.0312. The highest BCUT2D eigenvalue weighted by Gasteiger charge is 2.16. The number of aromatic nitrogens is 1. The molecule has 1 aliphatic carbocycles. The number of nitrogens with zero attached hydrogens (tertiary/aromatic N) is 2. The summed E-state index contributed by atoms with van der Waals surface area (Å²) in [6.45, 7) is 0. The van der Waals surface area contributed by atoms with E-state index in [1.165, 1.54) is 32.1 Å². The van der Waals surface area contributed by atoms with Crippen LogP contribution in [-0.2, 0) is 0 Å². The number of para-hydroxylation sites is 1. The summed E-state index contributed by atoms with van der Waals surface area (Å²) >= 11 is 0. The van der Waals surface area contributed by atoms with Gasteiger partial charge in [-0.3, -0.25) is 9.78 Å². The van der Waals surface area contributed by atoms with Crippen LogP contribution in [0.4, 0.5) is 11.4 Å². The number of carbonyl (C=O) groups excluding carboxylic acids is 1. The maximum atomic E-state index is 12.9. The minimum Gasteiger partial charge on any atom is -0.382 e. The van der Waals surface area contributed by atoms with Gasteiger partial charge in [-0.05, 0) is 49.2 Å². The molecule has 4 heteroatoms. The Labute approximate surface area is 160 Å². The molecule has 4 nitrogen and oxygen atoms in total. The Hall–Kier alpha value is -2.88. The summed E-state index contributed by atoms with van der Waals surface area (Å²) in [6, 6.07) is 18.3. The smallest absolute Gasteiger partial charge is 0.258 e. The summed E-state index contributed by atoms with van der Waals surface area (Å²) in [6.07, 6.45) is 8.18. The fourth-order valence-electron chi connectivity index (χ4n) is 3.75. The fraction of sp³-hybridized carbons (Fsp3) is 0.304. The Morgan fingerprint density at radius 1 is 1.04 bits per heavy atom. The highest BCUT2D eigenvalue weighted by Crippen LogP contribution is 2.23. The number of hydrogen-bond donors (Lipinski definition) is 1. The van der Waals surface area contributed by atoms with Gasteiger partial charge in [-0.25, -0.2) is 0 Å². The van der Waals surface area contributed by atoms with Crippen molar-refractivity contribution in [3.05, 3.63) is 66.4 Å². The molecule has 1 heterocycles. The van der Waals surface area contributed by atoms with Crippen molar-refractivity contribution in [3.63, 3.8) is 0 Å². The van der Waals surface area contributed by atoms with E-state index < -0.39 is 0 Å². The number of amides is 1. The van der Waals surface area contributed by atoms with Gasteiger partial charge in [0.1, 0.15) is 0 Å². The molecule has 1 saturated carbocycles. The Morgan fingerprint density at radius 3 is 2.56 bits per heavy atom. The summed E-state index contributed by atoms with van der Waals surface area (Å²) in [7, 11) is 1.79. The Bertz CT molecular complexity index is 930. The minimum atomic E-state index is -0.0312. The molecule has 1 amide bonds. The van der Waals surface area contributed by atoms with Crippen LogP contribution in [0.2, 0.25) is 0 Å². The zero-order chi connectivity index (χ0) is 18.6. The van der Waals surface area contributed by atoms with Gasteiger partial charge in [-0.15, -0.1) is 0 Å². The van der Waals surface area contributed by atoms with Crippen LogP contribution < -0.4 is 10.2 Å². The third kappa shape index (κ3) is 3.95. The SMILES string of the molecule is CN(C(=O)c1ccc(NC2CCCCC2)cc1)c1cnc2ccccc2c1. The molecule has 0 bridgehead atoms. The van der Waals surface area contributed by atoms with Gasteiger partial charge in [-0.2, -0.15) is 0 Å². The second kappa shape index (κ2) is 7.78. The van der Waals surface area contributed by atoms with Crippen molar-refractivity contribution in [2.45, 2.75) is 38.1 Å². The Kier molecular flexibility index (Phi) is 5.05. The van der Waals surface area contributed by atoms with E-state index in [-0.39, 0.29) is 5.91 Å². The lowest BCUT2D eigenvalue weighted by Gasteiger charge is -2.24. The number of rotatable bonds is 4. The Balaban J connectivity index is 1.47. The van der Waals surface area contributed by atoms with Crippen LogP contribution in [0.1, 0.15) is 42.5 Å². The Morgan fingerprint density at radius 2 is 1.78 bits per heavy atom. The van der Waals surface area contributed by atoms with Gasteiger partial charge < -0.3 is 10.2 Å². The molecule has 1 aliphatic rings.